The maximum atomic E-state index is 9.60. The fourth-order valence-electron chi connectivity index (χ4n) is 1.79. The minimum Gasteiger partial charge on any atom is -0.462 e. The molecule has 20 heavy (non-hydrogen) atoms. The van der Waals surface area contributed by atoms with Crippen molar-refractivity contribution in [1.29, 1.82) is 0 Å². The van der Waals surface area contributed by atoms with Gasteiger partial charge in [0.05, 0.1) is 0 Å². The zero-order valence-electron chi connectivity index (χ0n) is 12.6. The summed E-state index contributed by atoms with van der Waals surface area (Å²) in [5.41, 5.74) is 0.865. The molecule has 0 aromatic carbocycles. The quantitative estimate of drug-likeness (QED) is 0.831. The molecule has 0 unspecified atom stereocenters. The summed E-state index contributed by atoms with van der Waals surface area (Å²) in [5.74, 6) is 0. The number of hydrogen-bond acceptors (Lipinski definition) is 5. The Labute approximate surface area is 121 Å². The lowest BCUT2D eigenvalue weighted by atomic mass is 10.1. The summed E-state index contributed by atoms with van der Waals surface area (Å²) in [6.45, 7) is 8.18. The van der Waals surface area contributed by atoms with Crippen LogP contribution in [0.4, 0.5) is 5.69 Å². The van der Waals surface area contributed by atoms with Gasteiger partial charge in [-0.15, -0.1) is 0 Å². The number of carbonyl (C=O) groups is 1. The molecular weight excluding hydrogens is 254 g/mol. The van der Waals surface area contributed by atoms with E-state index in [4.69, 9.17) is 0 Å². The van der Waals surface area contributed by atoms with Crippen LogP contribution >= 0.6 is 0 Å². The molecule has 2 heterocycles. The maximum absolute atomic E-state index is 9.60. The Hall–Kier alpha value is -1.62. The van der Waals surface area contributed by atoms with Gasteiger partial charge >= 0.3 is 0 Å². The van der Waals surface area contributed by atoms with E-state index in [9.17, 15) is 4.79 Å². The third-order valence-corrected chi connectivity index (χ3v) is 2.79. The van der Waals surface area contributed by atoms with E-state index in [1.807, 2.05) is 45.3 Å². The molecule has 0 aliphatic carbocycles. The van der Waals surface area contributed by atoms with Crippen molar-refractivity contribution in [3.05, 3.63) is 24.5 Å². The number of pyridine rings is 1. The van der Waals surface area contributed by atoms with Crippen LogP contribution in [-0.2, 0) is 9.53 Å². The summed E-state index contributed by atoms with van der Waals surface area (Å²) in [6.07, 6.45) is 6.07. The van der Waals surface area contributed by atoms with Gasteiger partial charge in [0.1, 0.15) is 5.60 Å². The molecule has 0 saturated carbocycles. The third kappa shape index (κ3) is 7.74. The van der Waals surface area contributed by atoms with E-state index in [1.165, 1.54) is 18.5 Å². The first-order chi connectivity index (χ1) is 9.51. The Bertz CT molecular complexity index is 370. The summed E-state index contributed by atoms with van der Waals surface area (Å²) in [7, 11) is 0. The van der Waals surface area contributed by atoms with Gasteiger partial charge in [-0.05, 0) is 58.8 Å². The Morgan fingerprint density at radius 3 is 2.35 bits per heavy atom. The molecular formula is C15H25N3O2. The van der Waals surface area contributed by atoms with Crippen LogP contribution in [0.25, 0.3) is 0 Å². The Balaban J connectivity index is 0.000000246. The Morgan fingerprint density at radius 1 is 1.30 bits per heavy atom. The first kappa shape index (κ1) is 16.4. The highest BCUT2D eigenvalue weighted by atomic mass is 16.5. The predicted octanol–water partition coefficient (Wildman–Crippen LogP) is 2.20. The molecule has 1 saturated heterocycles. The lowest BCUT2D eigenvalue weighted by Gasteiger charge is -2.24. The van der Waals surface area contributed by atoms with E-state index in [0.29, 0.717) is 12.5 Å². The minimum atomic E-state index is -0.318. The van der Waals surface area contributed by atoms with E-state index >= 15 is 0 Å². The van der Waals surface area contributed by atoms with Crippen LogP contribution in [-0.4, -0.2) is 36.2 Å². The van der Waals surface area contributed by atoms with Crippen molar-refractivity contribution >= 4 is 12.2 Å². The van der Waals surface area contributed by atoms with Crippen LogP contribution in [0.5, 0.6) is 0 Å². The second-order valence-corrected chi connectivity index (χ2v) is 5.73. The molecule has 1 aliphatic heterocycles. The van der Waals surface area contributed by atoms with E-state index < -0.39 is 0 Å². The average molecular weight is 279 g/mol. The zero-order chi connectivity index (χ0) is 14.8. The van der Waals surface area contributed by atoms with Gasteiger partial charge in [-0.2, -0.15) is 0 Å². The number of hydrogen-bond donors (Lipinski definition) is 2. The molecule has 112 valence electrons. The van der Waals surface area contributed by atoms with Gasteiger partial charge in [-0.3, -0.25) is 9.78 Å². The van der Waals surface area contributed by atoms with Crippen molar-refractivity contribution in [3.8, 4) is 0 Å². The van der Waals surface area contributed by atoms with Gasteiger partial charge in [0.2, 0.25) is 0 Å². The highest BCUT2D eigenvalue weighted by Gasteiger charge is 2.11. The lowest BCUT2D eigenvalue weighted by Crippen LogP contribution is -2.35. The summed E-state index contributed by atoms with van der Waals surface area (Å²) < 4.78 is 4.55. The SMILES string of the molecule is CC(C)(C)OC=O.c1cc(NC2CCNCC2)ccn1. The summed E-state index contributed by atoms with van der Waals surface area (Å²) >= 11 is 0. The molecule has 0 bridgehead atoms. The number of nitrogens with one attached hydrogen (secondary N) is 2. The molecule has 0 spiro atoms. The fraction of sp³-hybridized carbons (Fsp3) is 0.600. The van der Waals surface area contributed by atoms with Crippen LogP contribution < -0.4 is 10.6 Å². The first-order valence-electron chi connectivity index (χ1n) is 7.00. The Kier molecular flexibility index (Phi) is 7.01. The van der Waals surface area contributed by atoms with Gasteiger partial charge in [-0.25, -0.2) is 0 Å². The predicted molar refractivity (Wildman–Crippen MR) is 80.7 cm³/mol. The number of aromatic nitrogens is 1. The second kappa shape index (κ2) is 8.53. The molecule has 0 radical (unpaired) electrons. The van der Waals surface area contributed by atoms with Crippen molar-refractivity contribution < 1.29 is 9.53 Å². The summed E-state index contributed by atoms with van der Waals surface area (Å²) in [4.78, 5) is 13.6. The Morgan fingerprint density at radius 2 is 1.90 bits per heavy atom. The molecule has 0 amide bonds. The van der Waals surface area contributed by atoms with Crippen molar-refractivity contribution in [2.24, 2.45) is 0 Å². The standard InChI is InChI=1S/C10H15N3.C5H10O2/c1-5-11-6-2-9(1)13-10-3-7-12-8-4-10;1-5(2,3)7-4-6/h1-2,5-6,10,12H,3-4,7-8H2,(H,11,13);4H,1-3H3. The molecule has 1 fully saturated rings. The van der Waals surface area contributed by atoms with Crippen LogP contribution in [0.1, 0.15) is 33.6 Å². The number of carbonyl (C=O) groups excluding carboxylic acids is 1. The molecule has 1 aliphatic rings. The number of anilines is 1. The molecule has 2 rings (SSSR count). The fourth-order valence-corrected chi connectivity index (χ4v) is 1.79. The van der Waals surface area contributed by atoms with E-state index in [2.05, 4.69) is 20.4 Å². The molecule has 1 aromatic rings. The minimum absolute atomic E-state index is 0.318. The van der Waals surface area contributed by atoms with Gasteiger partial charge < -0.3 is 15.4 Å². The van der Waals surface area contributed by atoms with Crippen LogP contribution in [0, 0.1) is 0 Å². The van der Waals surface area contributed by atoms with Crippen molar-refractivity contribution in [2.45, 2.75) is 45.3 Å². The van der Waals surface area contributed by atoms with Crippen LogP contribution in [0.15, 0.2) is 24.5 Å². The van der Waals surface area contributed by atoms with E-state index in [1.54, 1.807) is 0 Å². The molecule has 5 heteroatoms. The molecule has 0 atom stereocenters. The smallest absolute Gasteiger partial charge is 0.293 e. The van der Waals surface area contributed by atoms with Gasteiger partial charge in [0.15, 0.2) is 0 Å². The third-order valence-electron chi connectivity index (χ3n) is 2.79. The number of ether oxygens (including phenoxy) is 1. The maximum Gasteiger partial charge on any atom is 0.293 e. The molecule has 5 nitrogen and oxygen atoms in total. The number of rotatable bonds is 3. The first-order valence-corrected chi connectivity index (χ1v) is 7.00. The second-order valence-electron chi connectivity index (χ2n) is 5.73. The van der Waals surface area contributed by atoms with E-state index in [0.717, 1.165) is 13.1 Å². The zero-order valence-corrected chi connectivity index (χ0v) is 12.6. The lowest BCUT2D eigenvalue weighted by molar-refractivity contribution is -0.138. The van der Waals surface area contributed by atoms with Crippen LogP contribution in [0.2, 0.25) is 0 Å². The summed E-state index contributed by atoms with van der Waals surface area (Å²) in [5, 5.41) is 6.85. The highest BCUT2D eigenvalue weighted by Crippen LogP contribution is 2.11. The molecule has 1 aromatic heterocycles. The van der Waals surface area contributed by atoms with E-state index in [-0.39, 0.29) is 5.60 Å². The molecule has 2 N–H and O–H groups in total. The number of piperidine rings is 1. The number of nitrogens with zero attached hydrogens (tertiary/aromatic N) is 1. The van der Waals surface area contributed by atoms with Gasteiger partial charge in [0, 0.05) is 24.1 Å². The normalized spacial score (nSPS) is 15.8. The van der Waals surface area contributed by atoms with Crippen LogP contribution in [0.3, 0.4) is 0 Å². The van der Waals surface area contributed by atoms with Crippen molar-refractivity contribution in [2.75, 3.05) is 18.4 Å². The van der Waals surface area contributed by atoms with Crippen molar-refractivity contribution in [1.82, 2.24) is 10.3 Å². The highest BCUT2D eigenvalue weighted by molar-refractivity contribution is 5.41. The largest absolute Gasteiger partial charge is 0.462 e. The topological polar surface area (TPSA) is 63.2 Å². The average Bonchev–Trinajstić information content (AvgIpc) is 2.40. The monoisotopic (exact) mass is 279 g/mol. The van der Waals surface area contributed by atoms with Gasteiger partial charge in [0.25, 0.3) is 6.47 Å². The summed E-state index contributed by atoms with van der Waals surface area (Å²) in [6, 6.07) is 4.66. The van der Waals surface area contributed by atoms with Crippen molar-refractivity contribution in [3.63, 3.8) is 0 Å². The van der Waals surface area contributed by atoms with Gasteiger partial charge in [-0.1, -0.05) is 0 Å².